The fraction of sp³-hybridized carbons (Fsp3) is 0.695. The molecule has 2 heterocycles. The monoisotopic (exact) mass is 1390 g/mol. The molecule has 39 heteroatoms. The molecule has 550 valence electrons. The van der Waals surface area contributed by atoms with Crippen molar-refractivity contribution in [2.75, 3.05) is 52.4 Å². The van der Waals surface area contributed by atoms with Crippen molar-refractivity contribution in [2.24, 2.45) is 57.1 Å². The van der Waals surface area contributed by atoms with Crippen LogP contribution in [-0.4, -0.2) is 240 Å². The third kappa shape index (κ3) is 28.9. The number of aliphatic imine (C=N–C) groups is 1. The number of nitrogens with zero attached hydrogens (tertiary/aromatic N) is 3. The van der Waals surface area contributed by atoms with Gasteiger partial charge in [0.1, 0.15) is 60.4 Å². The predicted molar refractivity (Wildman–Crippen MR) is 348 cm³/mol. The van der Waals surface area contributed by atoms with E-state index in [0.29, 0.717) is 19.3 Å². The highest BCUT2D eigenvalue weighted by molar-refractivity contribution is 5.99. The Bertz CT molecular complexity index is 2910. The molecule has 0 unspecified atom stereocenters. The molecule has 12 atom stereocenters. The number of nitrogens with two attached hydrogens (primary N) is 6. The first kappa shape index (κ1) is 84.3. The molecule has 0 radical (unpaired) electrons. The third-order valence-corrected chi connectivity index (χ3v) is 16.0. The average molecular weight is 1390 g/mol. The van der Waals surface area contributed by atoms with Gasteiger partial charge >= 0.3 is 0 Å². The highest BCUT2D eigenvalue weighted by atomic mass is 16.3. The van der Waals surface area contributed by atoms with E-state index in [1.165, 1.54) is 23.6 Å². The van der Waals surface area contributed by atoms with Gasteiger partial charge in [-0.25, -0.2) is 0 Å². The van der Waals surface area contributed by atoms with Gasteiger partial charge in [0, 0.05) is 32.5 Å². The van der Waals surface area contributed by atoms with Crippen LogP contribution in [0.25, 0.3) is 0 Å². The number of likely N-dealkylation sites (tertiary alicyclic amines) is 2. The van der Waals surface area contributed by atoms with E-state index in [4.69, 9.17) is 34.4 Å². The van der Waals surface area contributed by atoms with Gasteiger partial charge in [-0.2, -0.15) is 0 Å². The number of rotatable bonds is 42. The maximum Gasteiger partial charge on any atom is 0.248 e. The normalized spacial score (nSPS) is 17.2. The molecule has 0 bridgehead atoms. The topological polar surface area (TPSA) is 630 Å². The number of aliphatic hydroxyl groups excluding tert-OH is 1. The summed E-state index contributed by atoms with van der Waals surface area (Å²) >= 11 is 0. The smallest absolute Gasteiger partial charge is 0.248 e. The van der Waals surface area contributed by atoms with Gasteiger partial charge in [-0.3, -0.25) is 86.5 Å². The maximum absolute atomic E-state index is 13.8. The molecular formula is C59H101N21O18. The molecule has 2 fully saturated rings. The molecular weight excluding hydrogens is 1290 g/mol. The molecule has 0 aromatic heterocycles. The van der Waals surface area contributed by atoms with Crippen molar-refractivity contribution in [3.05, 3.63) is 0 Å². The Morgan fingerprint density at radius 3 is 1.44 bits per heavy atom. The molecule has 17 amide bonds. The minimum Gasteiger partial charge on any atom is -0.391 e. The van der Waals surface area contributed by atoms with Gasteiger partial charge < -0.3 is 113 Å². The molecule has 39 nitrogen and oxygen atoms in total. The SMILES string of the molecule is CC[C@H](C)[C@H](NC(=O)CNC(=O)[C@H](CCC(N)=O)NC(=O)[C@@H]1CCCN1C(=O)CNC(=O)[C@@H]1CCCN1C(=O)[C@@H](NC(=O)CN)[C@@H](C)O)C(=O)N[C@@H](C)C(=O)NCC(=O)N[C@@H](CCC(N)=O)C(=O)N[C@@H](CCCN=C(N)N)C(=O)NCC(=O)N[C@H](C(=O)N[C@H](C(N)=O)C(C)C)C(C)C. The largest absolute Gasteiger partial charge is 0.391 e. The van der Waals surface area contributed by atoms with Crippen LogP contribution in [0, 0.1) is 17.8 Å². The van der Waals surface area contributed by atoms with Crippen LogP contribution >= 0.6 is 0 Å². The zero-order valence-corrected chi connectivity index (χ0v) is 56.7. The lowest BCUT2D eigenvalue weighted by atomic mass is 9.98. The lowest BCUT2D eigenvalue weighted by molar-refractivity contribution is -0.144. The molecule has 98 heavy (non-hydrogen) atoms. The standard InChI is InChI=1S/C59H101N21O18/c1-9-30(6)47(77-43(87)26-69-52(92)34(16-18-38(61)82)74-55(95)37-15-11-21-79(37)44(88)27-70-54(94)36-14-12-22-80(36)58(98)48(32(8)81)75-40(84)23-60)57(97)71-31(7)50(90)67-24-41(85)72-35(17-19-39(62)83)53(93)73-33(13-10-20-66-59(64)65)51(91)68-25-42(86)76-46(29(4)5)56(96)78-45(28(2)3)49(63)89/h28-37,45-48,81H,9-27,60H2,1-8H3,(H2,61,82)(H2,62,83)(H2,63,89)(H,67,90)(H,68,91)(H,69,92)(H,70,94)(H,71,97)(H,72,85)(H,73,93)(H,74,95)(H,75,84)(H,76,86)(H,77,87)(H,78,96)(H4,64,65,66)/t30-,31-,32+,33-,34-,35-,36-,37-,45-,46-,47-,48-/m0/s1. The molecule has 2 aliphatic heterocycles. The first-order valence-electron chi connectivity index (χ1n) is 32.3. The van der Waals surface area contributed by atoms with E-state index in [1.807, 2.05) is 0 Å². The molecule has 0 saturated carbocycles. The molecule has 0 spiro atoms. The molecule has 25 N–H and O–H groups in total. The fourth-order valence-electron chi connectivity index (χ4n) is 10.3. The first-order valence-corrected chi connectivity index (χ1v) is 32.3. The number of hydrogen-bond donors (Lipinski definition) is 19. The summed E-state index contributed by atoms with van der Waals surface area (Å²) in [5.41, 5.74) is 32.4. The molecule has 2 aliphatic rings. The van der Waals surface area contributed by atoms with E-state index in [9.17, 15) is 86.6 Å². The Labute approximate surface area is 566 Å². The number of carbonyl (C=O) groups is 17. The molecule has 0 aromatic carbocycles. The number of carbonyl (C=O) groups excluding carboxylic acids is 17. The third-order valence-electron chi connectivity index (χ3n) is 16.0. The van der Waals surface area contributed by atoms with Gasteiger partial charge in [0.25, 0.3) is 0 Å². The average Bonchev–Trinajstić information content (AvgIpc) is 1.73. The number of hydrogen-bond acceptors (Lipinski definition) is 20. The number of primary amides is 3. The summed E-state index contributed by atoms with van der Waals surface area (Å²) in [7, 11) is 0. The molecule has 2 saturated heterocycles. The van der Waals surface area contributed by atoms with Gasteiger partial charge in [0.15, 0.2) is 5.96 Å². The van der Waals surface area contributed by atoms with Crippen molar-refractivity contribution in [3.63, 3.8) is 0 Å². The minimum atomic E-state index is -1.56. The number of guanidine groups is 1. The van der Waals surface area contributed by atoms with Crippen molar-refractivity contribution in [3.8, 4) is 0 Å². The van der Waals surface area contributed by atoms with Crippen LogP contribution < -0.4 is 98.2 Å². The number of amides is 17. The van der Waals surface area contributed by atoms with E-state index in [-0.39, 0.29) is 63.6 Å². The van der Waals surface area contributed by atoms with Gasteiger partial charge in [0.2, 0.25) is 100 Å². The Hall–Kier alpha value is -9.82. The van der Waals surface area contributed by atoms with Crippen molar-refractivity contribution >= 4 is 106 Å². The fourth-order valence-corrected chi connectivity index (χ4v) is 10.3. The summed E-state index contributed by atoms with van der Waals surface area (Å²) in [5, 5.41) is 39.4. The van der Waals surface area contributed by atoms with Crippen LogP contribution in [0.15, 0.2) is 4.99 Å². The van der Waals surface area contributed by atoms with Crippen molar-refractivity contribution in [1.82, 2.24) is 73.6 Å². The first-order chi connectivity index (χ1) is 45.9. The lowest BCUT2D eigenvalue weighted by Gasteiger charge is -2.30. The van der Waals surface area contributed by atoms with Crippen LogP contribution in [0.2, 0.25) is 0 Å². The quantitative estimate of drug-likeness (QED) is 0.0153. The molecule has 0 aliphatic carbocycles. The second-order valence-electron chi connectivity index (χ2n) is 24.6. The second-order valence-corrected chi connectivity index (χ2v) is 24.6. The Balaban J connectivity index is 2.11. The van der Waals surface area contributed by atoms with Gasteiger partial charge in [0.05, 0.1) is 38.8 Å². The van der Waals surface area contributed by atoms with E-state index in [2.05, 4.69) is 68.8 Å². The van der Waals surface area contributed by atoms with E-state index < -0.39 is 231 Å². The van der Waals surface area contributed by atoms with Crippen LogP contribution in [0.3, 0.4) is 0 Å². The summed E-state index contributed by atoms with van der Waals surface area (Å²) < 4.78 is 0. The van der Waals surface area contributed by atoms with Gasteiger partial charge in [-0.05, 0) is 83.0 Å². The lowest BCUT2D eigenvalue weighted by Crippen LogP contribution is -2.58. The van der Waals surface area contributed by atoms with E-state index >= 15 is 0 Å². The van der Waals surface area contributed by atoms with Crippen LogP contribution in [-0.2, 0) is 81.5 Å². The van der Waals surface area contributed by atoms with Gasteiger partial charge in [-0.1, -0.05) is 48.0 Å². The van der Waals surface area contributed by atoms with Crippen LogP contribution in [0.5, 0.6) is 0 Å². The Kier molecular flexibility index (Phi) is 36.1. The summed E-state index contributed by atoms with van der Waals surface area (Å²) in [6.45, 7) is 9.25. The van der Waals surface area contributed by atoms with E-state index in [0.717, 1.165) is 0 Å². The van der Waals surface area contributed by atoms with Crippen LogP contribution in [0.4, 0.5) is 0 Å². The molecule has 0 aromatic rings. The summed E-state index contributed by atoms with van der Waals surface area (Å²) in [5.74, 6) is -16.0. The Morgan fingerprint density at radius 2 is 0.949 bits per heavy atom. The van der Waals surface area contributed by atoms with Crippen molar-refractivity contribution < 1.29 is 86.6 Å². The summed E-state index contributed by atoms with van der Waals surface area (Å²) in [6, 6.07) is -13.0. The van der Waals surface area contributed by atoms with Crippen molar-refractivity contribution in [1.29, 1.82) is 0 Å². The number of aliphatic hydroxyl groups is 1. The second kappa shape index (κ2) is 42.0. The highest BCUT2D eigenvalue weighted by Gasteiger charge is 2.41. The summed E-state index contributed by atoms with van der Waals surface area (Å²) in [4.78, 5) is 229. The predicted octanol–water partition coefficient (Wildman–Crippen LogP) is -9.90. The maximum atomic E-state index is 13.8. The van der Waals surface area contributed by atoms with Crippen LogP contribution in [0.1, 0.15) is 126 Å². The number of nitrogens with one attached hydrogen (secondary N) is 12. The molecule has 2 rings (SSSR count). The summed E-state index contributed by atoms with van der Waals surface area (Å²) in [6.07, 6.45) is -1.60. The zero-order chi connectivity index (χ0) is 74.3. The minimum absolute atomic E-state index is 0.00810. The van der Waals surface area contributed by atoms with Crippen molar-refractivity contribution in [2.45, 2.75) is 193 Å². The Morgan fingerprint density at radius 1 is 0.480 bits per heavy atom. The van der Waals surface area contributed by atoms with Gasteiger partial charge in [-0.15, -0.1) is 0 Å². The van der Waals surface area contributed by atoms with E-state index in [1.54, 1.807) is 41.5 Å². The zero-order valence-electron chi connectivity index (χ0n) is 56.7. The highest BCUT2D eigenvalue weighted by Crippen LogP contribution is 2.21.